The normalized spacial score (nSPS) is 17.2. The number of rotatable bonds is 6. The van der Waals surface area contributed by atoms with Crippen LogP contribution in [0.25, 0.3) is 11.3 Å². The number of hydrogen-bond acceptors (Lipinski definition) is 4. The molecule has 31 heavy (non-hydrogen) atoms. The number of likely N-dealkylation sites (tertiary alicyclic amines) is 1. The first kappa shape index (κ1) is 20.8. The molecule has 0 unspecified atom stereocenters. The van der Waals surface area contributed by atoms with E-state index < -0.39 is 0 Å². The maximum absolute atomic E-state index is 13.0. The number of carbonyl (C=O) groups is 2. The second-order valence-corrected chi connectivity index (χ2v) is 8.05. The highest BCUT2D eigenvalue weighted by Crippen LogP contribution is 2.21. The van der Waals surface area contributed by atoms with Crippen LogP contribution in [0.5, 0.6) is 0 Å². The van der Waals surface area contributed by atoms with Crippen LogP contribution in [0.4, 0.5) is 0 Å². The molecule has 0 aliphatic carbocycles. The summed E-state index contributed by atoms with van der Waals surface area (Å²) in [5, 5.41) is 10.2. The summed E-state index contributed by atoms with van der Waals surface area (Å²) in [6.07, 6.45) is 4.99. The fraction of sp³-hybridized carbons (Fsp3) is 0.333. The third-order valence-electron chi connectivity index (χ3n) is 5.81. The van der Waals surface area contributed by atoms with Gasteiger partial charge >= 0.3 is 0 Å². The van der Waals surface area contributed by atoms with E-state index in [1.54, 1.807) is 23.4 Å². The SMILES string of the molecule is C[C@@H](CNC(=O)[C@@H]1CCCN(C(=O)c2cc(-c3ccncc3)n[nH]2)C1)c1ccccc1. The van der Waals surface area contributed by atoms with Crippen LogP contribution in [0.1, 0.15) is 41.7 Å². The molecule has 0 bridgehead atoms. The number of aromatic amines is 1. The van der Waals surface area contributed by atoms with E-state index in [-0.39, 0.29) is 23.7 Å². The third kappa shape index (κ3) is 4.99. The summed E-state index contributed by atoms with van der Waals surface area (Å²) in [7, 11) is 0. The molecule has 2 atom stereocenters. The van der Waals surface area contributed by atoms with Crippen molar-refractivity contribution >= 4 is 11.8 Å². The van der Waals surface area contributed by atoms with E-state index in [2.05, 4.69) is 39.6 Å². The zero-order chi connectivity index (χ0) is 21.6. The van der Waals surface area contributed by atoms with Crippen LogP contribution < -0.4 is 5.32 Å². The highest BCUT2D eigenvalue weighted by Gasteiger charge is 2.29. The summed E-state index contributed by atoms with van der Waals surface area (Å²) >= 11 is 0. The molecule has 2 N–H and O–H groups in total. The van der Waals surface area contributed by atoms with Crippen molar-refractivity contribution in [1.82, 2.24) is 25.4 Å². The minimum atomic E-state index is -0.191. The van der Waals surface area contributed by atoms with Gasteiger partial charge in [0.25, 0.3) is 5.91 Å². The van der Waals surface area contributed by atoms with Gasteiger partial charge in [-0.15, -0.1) is 0 Å². The molecule has 0 radical (unpaired) electrons. The van der Waals surface area contributed by atoms with Gasteiger partial charge in [-0.1, -0.05) is 37.3 Å². The largest absolute Gasteiger partial charge is 0.355 e. The molecule has 1 aliphatic rings. The average molecular weight is 418 g/mol. The van der Waals surface area contributed by atoms with Gasteiger partial charge < -0.3 is 10.2 Å². The van der Waals surface area contributed by atoms with E-state index in [1.807, 2.05) is 30.3 Å². The highest BCUT2D eigenvalue weighted by atomic mass is 16.2. The van der Waals surface area contributed by atoms with Crippen molar-refractivity contribution in [2.75, 3.05) is 19.6 Å². The second-order valence-electron chi connectivity index (χ2n) is 8.05. The lowest BCUT2D eigenvalue weighted by Gasteiger charge is -2.32. The predicted molar refractivity (Wildman–Crippen MR) is 118 cm³/mol. The van der Waals surface area contributed by atoms with Crippen LogP contribution in [-0.4, -0.2) is 51.5 Å². The van der Waals surface area contributed by atoms with Gasteiger partial charge in [-0.25, -0.2) is 0 Å². The zero-order valence-electron chi connectivity index (χ0n) is 17.6. The number of piperidine rings is 1. The monoisotopic (exact) mass is 417 g/mol. The Labute approximate surface area is 181 Å². The first-order valence-electron chi connectivity index (χ1n) is 10.7. The maximum atomic E-state index is 13.0. The molecule has 3 aromatic rings. The van der Waals surface area contributed by atoms with E-state index in [0.29, 0.717) is 31.0 Å². The summed E-state index contributed by atoms with van der Waals surface area (Å²) in [6.45, 7) is 3.76. The van der Waals surface area contributed by atoms with Crippen LogP contribution in [0.3, 0.4) is 0 Å². The number of hydrogen-bond donors (Lipinski definition) is 2. The molecule has 1 aliphatic heterocycles. The number of pyridine rings is 1. The predicted octanol–water partition coefficient (Wildman–Crippen LogP) is 3.24. The highest BCUT2D eigenvalue weighted by molar-refractivity contribution is 5.94. The smallest absolute Gasteiger partial charge is 0.271 e. The molecule has 2 amide bonds. The quantitative estimate of drug-likeness (QED) is 0.644. The van der Waals surface area contributed by atoms with Crippen molar-refractivity contribution in [2.45, 2.75) is 25.7 Å². The van der Waals surface area contributed by atoms with E-state index in [9.17, 15) is 9.59 Å². The van der Waals surface area contributed by atoms with Crippen molar-refractivity contribution in [1.29, 1.82) is 0 Å². The van der Waals surface area contributed by atoms with Crippen molar-refractivity contribution in [3.63, 3.8) is 0 Å². The summed E-state index contributed by atoms with van der Waals surface area (Å²) in [5.74, 6) is -0.0586. The Morgan fingerprint density at radius 3 is 2.74 bits per heavy atom. The zero-order valence-corrected chi connectivity index (χ0v) is 17.6. The van der Waals surface area contributed by atoms with Crippen molar-refractivity contribution in [3.8, 4) is 11.3 Å². The maximum Gasteiger partial charge on any atom is 0.271 e. The van der Waals surface area contributed by atoms with Gasteiger partial charge in [-0.2, -0.15) is 5.10 Å². The molecule has 3 heterocycles. The fourth-order valence-electron chi connectivity index (χ4n) is 3.95. The Bertz CT molecular complexity index is 1020. The van der Waals surface area contributed by atoms with Crippen molar-refractivity contribution < 1.29 is 9.59 Å². The minimum absolute atomic E-state index is 0.0161. The van der Waals surface area contributed by atoms with Gasteiger partial charge in [-0.3, -0.25) is 19.7 Å². The molecule has 4 rings (SSSR count). The molecule has 7 heteroatoms. The molecule has 0 saturated carbocycles. The van der Waals surface area contributed by atoms with Gasteiger partial charge in [0.05, 0.1) is 11.6 Å². The molecule has 2 aromatic heterocycles. The van der Waals surface area contributed by atoms with Crippen LogP contribution in [0.15, 0.2) is 60.9 Å². The molecule has 1 saturated heterocycles. The van der Waals surface area contributed by atoms with Crippen LogP contribution >= 0.6 is 0 Å². The van der Waals surface area contributed by atoms with Gasteiger partial charge in [0.1, 0.15) is 5.69 Å². The van der Waals surface area contributed by atoms with Crippen molar-refractivity contribution in [2.24, 2.45) is 5.92 Å². The topological polar surface area (TPSA) is 91.0 Å². The molecular formula is C24H27N5O2. The number of carbonyl (C=O) groups excluding carboxylic acids is 2. The van der Waals surface area contributed by atoms with Crippen LogP contribution in [0, 0.1) is 5.92 Å². The van der Waals surface area contributed by atoms with E-state index in [1.165, 1.54) is 5.56 Å². The number of nitrogens with zero attached hydrogens (tertiary/aromatic N) is 3. The Morgan fingerprint density at radius 1 is 1.19 bits per heavy atom. The molecule has 160 valence electrons. The van der Waals surface area contributed by atoms with Crippen LogP contribution in [-0.2, 0) is 4.79 Å². The standard InChI is InChI=1S/C24H27N5O2/c1-17(18-6-3-2-4-7-18)15-26-23(30)20-8-5-13-29(16-20)24(31)22-14-21(27-28-22)19-9-11-25-12-10-19/h2-4,6-7,9-12,14,17,20H,5,8,13,15-16H2,1H3,(H,26,30)(H,27,28)/t17-,20+/m0/s1. The van der Waals surface area contributed by atoms with Gasteiger partial charge in [0, 0.05) is 37.6 Å². The number of benzene rings is 1. The van der Waals surface area contributed by atoms with Crippen LogP contribution in [0.2, 0.25) is 0 Å². The first-order valence-corrected chi connectivity index (χ1v) is 10.7. The second kappa shape index (κ2) is 9.55. The minimum Gasteiger partial charge on any atom is -0.355 e. The molecular weight excluding hydrogens is 390 g/mol. The lowest BCUT2D eigenvalue weighted by molar-refractivity contribution is -0.126. The Balaban J connectivity index is 1.34. The number of amides is 2. The number of H-pyrrole nitrogens is 1. The van der Waals surface area contributed by atoms with Crippen molar-refractivity contribution in [3.05, 3.63) is 72.2 Å². The summed E-state index contributed by atoms with van der Waals surface area (Å²) in [5.41, 5.74) is 3.23. The third-order valence-corrected chi connectivity index (χ3v) is 5.81. The van der Waals surface area contributed by atoms with E-state index in [4.69, 9.17) is 0 Å². The lowest BCUT2D eigenvalue weighted by atomic mass is 9.96. The van der Waals surface area contributed by atoms with E-state index in [0.717, 1.165) is 18.4 Å². The van der Waals surface area contributed by atoms with Gasteiger partial charge in [0.2, 0.25) is 5.91 Å². The summed E-state index contributed by atoms with van der Waals surface area (Å²) < 4.78 is 0. The van der Waals surface area contributed by atoms with Gasteiger partial charge in [0.15, 0.2) is 0 Å². The Hall–Kier alpha value is -3.48. The molecule has 0 spiro atoms. The summed E-state index contributed by atoms with van der Waals surface area (Å²) in [6, 6.07) is 15.6. The van der Waals surface area contributed by atoms with E-state index >= 15 is 0 Å². The van der Waals surface area contributed by atoms with Gasteiger partial charge in [-0.05, 0) is 42.5 Å². The molecule has 1 aromatic carbocycles. The summed E-state index contributed by atoms with van der Waals surface area (Å²) in [4.78, 5) is 31.5. The average Bonchev–Trinajstić information content (AvgIpc) is 3.33. The Kier molecular flexibility index (Phi) is 6.40. The molecule has 7 nitrogen and oxygen atoms in total. The fourth-order valence-corrected chi connectivity index (χ4v) is 3.95. The first-order chi connectivity index (χ1) is 15.1. The number of aromatic nitrogens is 3. The number of nitrogens with one attached hydrogen (secondary N) is 2. The lowest BCUT2D eigenvalue weighted by Crippen LogP contribution is -2.46. The Morgan fingerprint density at radius 2 is 1.97 bits per heavy atom. The molecule has 1 fully saturated rings.